The molecule has 2 heterocycles. The number of halogens is 1. The third-order valence-corrected chi connectivity index (χ3v) is 4.36. The number of carbonyl (C=O) groups excluding carboxylic acids is 1. The molecular weight excluding hydrogens is 271 g/mol. The standard InChI is InChI=1S/C12H13FN2O3S/c1-2-10-15(9(6-19-10)12(17)18)11(16)8-4-3-7(13)5-14-8/h3-5,9-10H,2,6H2,1H3,(H,17,18). The van der Waals surface area contributed by atoms with Crippen molar-refractivity contribution in [3.63, 3.8) is 0 Å². The van der Waals surface area contributed by atoms with Crippen LogP contribution in [0.1, 0.15) is 23.8 Å². The number of carbonyl (C=O) groups is 2. The number of thioether (sulfide) groups is 1. The minimum atomic E-state index is -1.03. The fourth-order valence-corrected chi connectivity index (χ4v) is 3.32. The molecule has 1 aliphatic heterocycles. The molecule has 2 unspecified atom stereocenters. The lowest BCUT2D eigenvalue weighted by Gasteiger charge is -2.26. The van der Waals surface area contributed by atoms with Gasteiger partial charge in [0.15, 0.2) is 0 Å². The highest BCUT2D eigenvalue weighted by Crippen LogP contribution is 2.32. The van der Waals surface area contributed by atoms with Crippen molar-refractivity contribution in [2.45, 2.75) is 24.8 Å². The number of nitrogens with zero attached hydrogens (tertiary/aromatic N) is 2. The number of amides is 1. The maximum Gasteiger partial charge on any atom is 0.327 e. The third-order valence-electron chi connectivity index (χ3n) is 2.91. The van der Waals surface area contributed by atoms with E-state index in [0.717, 1.165) is 12.3 Å². The minimum absolute atomic E-state index is 0.0635. The van der Waals surface area contributed by atoms with Crippen LogP contribution in [-0.4, -0.2) is 44.0 Å². The molecule has 0 radical (unpaired) electrons. The van der Waals surface area contributed by atoms with E-state index in [0.29, 0.717) is 12.2 Å². The van der Waals surface area contributed by atoms with Crippen molar-refractivity contribution in [2.24, 2.45) is 0 Å². The summed E-state index contributed by atoms with van der Waals surface area (Å²) in [5.74, 6) is -1.67. The Labute approximate surface area is 113 Å². The van der Waals surface area contributed by atoms with E-state index in [-0.39, 0.29) is 11.1 Å². The number of hydrogen-bond acceptors (Lipinski definition) is 4. The Hall–Kier alpha value is -1.63. The van der Waals surface area contributed by atoms with Crippen LogP contribution < -0.4 is 0 Å². The highest BCUT2D eigenvalue weighted by atomic mass is 32.2. The largest absolute Gasteiger partial charge is 0.480 e. The average molecular weight is 284 g/mol. The van der Waals surface area contributed by atoms with Crippen molar-refractivity contribution in [1.29, 1.82) is 0 Å². The zero-order valence-corrected chi connectivity index (χ0v) is 11.1. The average Bonchev–Trinajstić information content (AvgIpc) is 2.82. The summed E-state index contributed by atoms with van der Waals surface area (Å²) in [6.07, 6.45) is 1.61. The summed E-state index contributed by atoms with van der Waals surface area (Å²) in [6.45, 7) is 1.89. The first-order chi connectivity index (χ1) is 9.04. The van der Waals surface area contributed by atoms with Crippen LogP contribution in [0.15, 0.2) is 18.3 Å². The van der Waals surface area contributed by atoms with E-state index in [1.807, 2.05) is 6.92 Å². The maximum atomic E-state index is 12.8. The molecule has 1 aliphatic rings. The molecule has 7 heteroatoms. The number of aromatic nitrogens is 1. The summed E-state index contributed by atoms with van der Waals surface area (Å²) in [4.78, 5) is 28.5. The number of carboxylic acids is 1. The molecule has 0 saturated carbocycles. The Morgan fingerprint density at radius 1 is 1.58 bits per heavy atom. The van der Waals surface area contributed by atoms with E-state index < -0.39 is 23.7 Å². The topological polar surface area (TPSA) is 70.5 Å². The Bertz CT molecular complexity index is 494. The van der Waals surface area contributed by atoms with Gasteiger partial charge < -0.3 is 10.0 Å². The SMILES string of the molecule is CCC1SCC(C(=O)O)N1C(=O)c1ccc(F)cn1. The predicted molar refractivity (Wildman–Crippen MR) is 68.3 cm³/mol. The second-order valence-electron chi connectivity index (χ2n) is 4.12. The lowest BCUT2D eigenvalue weighted by Crippen LogP contribution is -2.45. The van der Waals surface area contributed by atoms with E-state index in [1.165, 1.54) is 22.7 Å². The van der Waals surface area contributed by atoms with Gasteiger partial charge in [-0.05, 0) is 18.6 Å². The Balaban J connectivity index is 2.28. The maximum absolute atomic E-state index is 12.8. The molecule has 19 heavy (non-hydrogen) atoms. The van der Waals surface area contributed by atoms with Crippen LogP contribution in [0.3, 0.4) is 0 Å². The van der Waals surface area contributed by atoms with Crippen LogP contribution in [0.4, 0.5) is 4.39 Å². The molecule has 1 aromatic heterocycles. The molecule has 2 atom stereocenters. The number of pyridine rings is 1. The van der Waals surface area contributed by atoms with Gasteiger partial charge in [-0.1, -0.05) is 6.92 Å². The van der Waals surface area contributed by atoms with Gasteiger partial charge in [-0.3, -0.25) is 4.79 Å². The number of carboxylic acid groups (broad SMARTS) is 1. The van der Waals surface area contributed by atoms with Crippen molar-refractivity contribution < 1.29 is 19.1 Å². The monoisotopic (exact) mass is 284 g/mol. The van der Waals surface area contributed by atoms with Crippen LogP contribution in [0.25, 0.3) is 0 Å². The van der Waals surface area contributed by atoms with Gasteiger partial charge in [0.1, 0.15) is 17.6 Å². The highest BCUT2D eigenvalue weighted by Gasteiger charge is 2.41. The molecule has 1 N–H and O–H groups in total. The molecule has 1 saturated heterocycles. The van der Waals surface area contributed by atoms with E-state index in [2.05, 4.69) is 4.98 Å². The summed E-state index contributed by atoms with van der Waals surface area (Å²) in [5, 5.41) is 8.97. The molecule has 0 bridgehead atoms. The van der Waals surface area contributed by atoms with E-state index in [9.17, 15) is 14.0 Å². The van der Waals surface area contributed by atoms with Crippen molar-refractivity contribution >= 4 is 23.6 Å². The predicted octanol–water partition coefficient (Wildman–Crippen LogP) is 1.60. The van der Waals surface area contributed by atoms with E-state index >= 15 is 0 Å². The van der Waals surface area contributed by atoms with Crippen LogP contribution in [0, 0.1) is 5.82 Å². The molecule has 1 fully saturated rings. The van der Waals surface area contributed by atoms with Crippen LogP contribution in [0.2, 0.25) is 0 Å². The zero-order chi connectivity index (χ0) is 14.0. The Kier molecular flexibility index (Phi) is 4.04. The van der Waals surface area contributed by atoms with Gasteiger partial charge in [0.2, 0.25) is 0 Å². The van der Waals surface area contributed by atoms with Crippen LogP contribution >= 0.6 is 11.8 Å². The molecule has 1 amide bonds. The second kappa shape index (κ2) is 5.56. The van der Waals surface area contributed by atoms with Crippen molar-refractivity contribution in [2.75, 3.05) is 5.75 Å². The van der Waals surface area contributed by atoms with E-state index in [1.54, 1.807) is 0 Å². The summed E-state index contributed by atoms with van der Waals surface area (Å²) in [6, 6.07) is 1.56. The highest BCUT2D eigenvalue weighted by molar-refractivity contribution is 8.00. The number of rotatable bonds is 3. The molecule has 0 aromatic carbocycles. The van der Waals surface area contributed by atoms with Crippen molar-refractivity contribution in [3.05, 3.63) is 29.8 Å². The van der Waals surface area contributed by atoms with Gasteiger partial charge in [0.05, 0.1) is 11.6 Å². The summed E-state index contributed by atoms with van der Waals surface area (Å²) < 4.78 is 12.8. The third kappa shape index (κ3) is 2.70. The fraction of sp³-hybridized carbons (Fsp3) is 0.417. The molecule has 102 valence electrons. The summed E-state index contributed by atoms with van der Waals surface area (Å²) in [5.41, 5.74) is 0.0635. The molecular formula is C12H13FN2O3S. The number of aliphatic carboxylic acids is 1. The molecule has 0 spiro atoms. The first-order valence-electron chi connectivity index (χ1n) is 5.83. The quantitative estimate of drug-likeness (QED) is 0.913. The van der Waals surface area contributed by atoms with Crippen molar-refractivity contribution in [3.8, 4) is 0 Å². The minimum Gasteiger partial charge on any atom is -0.480 e. The van der Waals surface area contributed by atoms with Gasteiger partial charge in [0, 0.05) is 5.75 Å². The van der Waals surface area contributed by atoms with Gasteiger partial charge >= 0.3 is 5.97 Å². The lowest BCUT2D eigenvalue weighted by atomic mass is 10.2. The van der Waals surface area contributed by atoms with E-state index in [4.69, 9.17) is 5.11 Å². The van der Waals surface area contributed by atoms with Gasteiger partial charge in [-0.25, -0.2) is 14.2 Å². The van der Waals surface area contributed by atoms with Gasteiger partial charge in [-0.2, -0.15) is 0 Å². The molecule has 0 aliphatic carbocycles. The molecule has 1 aromatic rings. The second-order valence-corrected chi connectivity index (χ2v) is 5.34. The number of hydrogen-bond donors (Lipinski definition) is 1. The first-order valence-corrected chi connectivity index (χ1v) is 6.88. The van der Waals surface area contributed by atoms with Crippen LogP contribution in [0.5, 0.6) is 0 Å². The Morgan fingerprint density at radius 3 is 2.84 bits per heavy atom. The lowest BCUT2D eigenvalue weighted by molar-refractivity contribution is -0.141. The summed E-state index contributed by atoms with van der Waals surface area (Å²) >= 11 is 1.44. The zero-order valence-electron chi connectivity index (χ0n) is 10.2. The summed E-state index contributed by atoms with van der Waals surface area (Å²) in [7, 11) is 0. The molecule has 2 rings (SSSR count). The van der Waals surface area contributed by atoms with Gasteiger partial charge in [-0.15, -0.1) is 11.8 Å². The van der Waals surface area contributed by atoms with Gasteiger partial charge in [0.25, 0.3) is 5.91 Å². The first kappa shape index (κ1) is 13.8. The van der Waals surface area contributed by atoms with Crippen molar-refractivity contribution in [1.82, 2.24) is 9.88 Å². The fourth-order valence-electron chi connectivity index (χ4n) is 1.98. The Morgan fingerprint density at radius 2 is 2.32 bits per heavy atom. The molecule has 5 nitrogen and oxygen atoms in total. The van der Waals surface area contributed by atoms with Crippen LogP contribution in [-0.2, 0) is 4.79 Å². The smallest absolute Gasteiger partial charge is 0.327 e. The normalized spacial score (nSPS) is 22.5.